The fourth-order valence-electron chi connectivity index (χ4n) is 6.76. The monoisotopic (exact) mass is 767 g/mol. The Morgan fingerprint density at radius 2 is 1.76 bits per heavy atom. The minimum atomic E-state index is -4.13. The number of fused-ring (bicyclic) bond motifs is 14. The molecule has 2 bridgehead atoms. The molecule has 3 aliphatic rings. The van der Waals surface area contributed by atoms with E-state index in [0.29, 0.717) is 23.3 Å². The van der Waals surface area contributed by atoms with Crippen molar-refractivity contribution in [3.63, 3.8) is 0 Å². The second-order valence-electron chi connectivity index (χ2n) is 14.5. The number of benzene rings is 2. The predicted octanol–water partition coefficient (Wildman–Crippen LogP) is 3.41. The smallest absolute Gasteiger partial charge is 0.328 e. The van der Waals surface area contributed by atoms with Gasteiger partial charge in [-0.3, -0.25) is 19.4 Å². The van der Waals surface area contributed by atoms with E-state index < -0.39 is 45.8 Å². The van der Waals surface area contributed by atoms with Crippen molar-refractivity contribution < 1.29 is 41.8 Å². The minimum absolute atomic E-state index is 0.0288. The predicted molar refractivity (Wildman–Crippen MR) is 204 cm³/mol. The standard InChI is InChI=1S/C39H53N5O9S/c1-23-24(2)35(25(3)30-17-18-39(5,6)53-34(23)30)54(49,50)44-38(40)41-19-10-11-28-22-33(46)32(42-26(4)45)21-27-13-15-29(16-14-27)52-20-9-8-12-31(37(48)51-7)43-36(28)47/h8-9,13-16,28,31-32H,10-12,17-22H2,1-7H3,(H,42,45)(H,43,47)(H3,40,41,44)/t28-,31+,32-/m1/s1. The second kappa shape index (κ2) is 17.9. The molecule has 0 aliphatic carbocycles. The number of aliphatic imine (C=N–C) groups is 1. The van der Waals surface area contributed by atoms with Crippen molar-refractivity contribution in [2.24, 2.45) is 16.6 Å². The molecule has 2 aromatic carbocycles. The fraction of sp³-hybridized carbons (Fsp3) is 0.513. The molecule has 0 radical (unpaired) electrons. The van der Waals surface area contributed by atoms with E-state index in [0.717, 1.165) is 28.9 Å². The summed E-state index contributed by atoms with van der Waals surface area (Å²) in [5.41, 5.74) is 9.26. The summed E-state index contributed by atoms with van der Waals surface area (Å²) in [7, 11) is -2.91. The Bertz CT molecular complexity index is 1910. The van der Waals surface area contributed by atoms with Gasteiger partial charge in [0.15, 0.2) is 5.78 Å². The average Bonchev–Trinajstić information content (AvgIpc) is 3.10. The summed E-state index contributed by atoms with van der Waals surface area (Å²) in [6.07, 6.45) is 5.26. The number of esters is 1. The van der Waals surface area contributed by atoms with Crippen LogP contribution in [0.5, 0.6) is 11.5 Å². The molecule has 2 aromatic rings. The van der Waals surface area contributed by atoms with Crippen molar-refractivity contribution in [1.29, 1.82) is 0 Å². The SMILES string of the molecule is COC(=O)[C@@H]1CC=CCOc2ccc(cc2)C[C@@H](NC(C)=O)C(=O)C[C@@H](CCCN=C(N)NS(=O)(=O)c2c(C)c(C)c3c(c2C)CCC(C)(C)O3)C(=O)N1. The van der Waals surface area contributed by atoms with Gasteiger partial charge in [0, 0.05) is 25.8 Å². The number of carbonyl (C=O) groups is 4. The summed E-state index contributed by atoms with van der Waals surface area (Å²) >= 11 is 0. The Hall–Kier alpha value is -4.92. The van der Waals surface area contributed by atoms with Gasteiger partial charge in [0.25, 0.3) is 10.0 Å². The van der Waals surface area contributed by atoms with Gasteiger partial charge in [-0.1, -0.05) is 24.3 Å². The highest BCUT2D eigenvalue weighted by molar-refractivity contribution is 7.90. The molecule has 294 valence electrons. The third-order valence-corrected chi connectivity index (χ3v) is 11.4. The van der Waals surface area contributed by atoms with Gasteiger partial charge in [-0.2, -0.15) is 0 Å². The van der Waals surface area contributed by atoms with Gasteiger partial charge in [0.1, 0.15) is 29.7 Å². The first kappa shape index (κ1) is 41.8. The average molecular weight is 768 g/mol. The number of ether oxygens (including phenoxy) is 3. The van der Waals surface area contributed by atoms with E-state index in [2.05, 4.69) is 20.3 Å². The van der Waals surface area contributed by atoms with Crippen molar-refractivity contribution in [3.05, 3.63) is 64.2 Å². The quantitative estimate of drug-likeness (QED) is 0.101. The van der Waals surface area contributed by atoms with Gasteiger partial charge in [-0.05, 0) is 113 Å². The molecule has 0 aromatic heterocycles. The first-order valence-corrected chi connectivity index (χ1v) is 19.6. The normalized spacial score (nSPS) is 20.8. The van der Waals surface area contributed by atoms with E-state index in [1.807, 2.05) is 20.8 Å². The number of nitrogens with two attached hydrogens (primary N) is 1. The number of rotatable bonds is 8. The van der Waals surface area contributed by atoms with E-state index >= 15 is 0 Å². The van der Waals surface area contributed by atoms with Crippen LogP contribution in [-0.2, 0) is 46.8 Å². The van der Waals surface area contributed by atoms with Crippen LogP contribution in [0.25, 0.3) is 0 Å². The Kier molecular flexibility index (Phi) is 13.9. The zero-order valence-corrected chi connectivity index (χ0v) is 33.0. The molecular weight excluding hydrogens is 715 g/mol. The maximum Gasteiger partial charge on any atom is 0.328 e. The van der Waals surface area contributed by atoms with Gasteiger partial charge in [0.2, 0.25) is 17.8 Å². The molecule has 2 amide bonds. The topological polar surface area (TPSA) is 205 Å². The van der Waals surface area contributed by atoms with Gasteiger partial charge < -0.3 is 30.6 Å². The van der Waals surface area contributed by atoms with Crippen LogP contribution in [0.1, 0.15) is 80.7 Å². The zero-order valence-electron chi connectivity index (χ0n) is 32.2. The van der Waals surface area contributed by atoms with Crippen molar-refractivity contribution in [2.75, 3.05) is 20.3 Å². The molecule has 15 heteroatoms. The highest BCUT2D eigenvalue weighted by atomic mass is 32.2. The molecule has 3 aliphatic heterocycles. The molecular formula is C39H53N5O9S. The molecule has 3 atom stereocenters. The Labute approximate surface area is 317 Å². The van der Waals surface area contributed by atoms with Gasteiger partial charge >= 0.3 is 5.97 Å². The second-order valence-corrected chi connectivity index (χ2v) is 16.1. The maximum absolute atomic E-state index is 13.7. The molecule has 0 fully saturated rings. The summed E-state index contributed by atoms with van der Waals surface area (Å²) in [5.74, 6) is -1.93. The molecule has 0 unspecified atom stereocenters. The van der Waals surface area contributed by atoms with Crippen LogP contribution in [0.3, 0.4) is 0 Å². The number of ketones is 1. The van der Waals surface area contributed by atoms with Crippen LogP contribution < -0.4 is 30.6 Å². The molecule has 0 saturated heterocycles. The minimum Gasteiger partial charge on any atom is -0.490 e. The molecule has 0 spiro atoms. The number of methoxy groups -OCH3 is 1. The number of guanidine groups is 1. The summed E-state index contributed by atoms with van der Waals surface area (Å²) in [6, 6.07) is 5.19. The number of hydrogen-bond acceptors (Lipinski definition) is 10. The van der Waals surface area contributed by atoms with Crippen LogP contribution in [0, 0.1) is 26.7 Å². The number of nitrogens with zero attached hydrogens (tertiary/aromatic N) is 1. The summed E-state index contributed by atoms with van der Waals surface area (Å²) in [5, 5.41) is 5.42. The van der Waals surface area contributed by atoms with E-state index in [1.54, 1.807) is 50.3 Å². The summed E-state index contributed by atoms with van der Waals surface area (Å²) in [6.45, 7) is 10.9. The number of carbonyl (C=O) groups excluding carboxylic acids is 4. The van der Waals surface area contributed by atoms with Gasteiger partial charge in [-0.15, -0.1) is 0 Å². The lowest BCUT2D eigenvalue weighted by Gasteiger charge is -2.35. The van der Waals surface area contributed by atoms with E-state index in [-0.39, 0.29) is 67.5 Å². The molecule has 5 N–H and O–H groups in total. The third kappa shape index (κ3) is 10.8. The van der Waals surface area contributed by atoms with Crippen LogP contribution in [0.2, 0.25) is 0 Å². The van der Waals surface area contributed by atoms with Gasteiger partial charge in [0.05, 0.1) is 18.0 Å². The van der Waals surface area contributed by atoms with E-state index in [4.69, 9.17) is 19.9 Å². The largest absolute Gasteiger partial charge is 0.490 e. The number of hydrogen-bond donors (Lipinski definition) is 4. The fourth-order valence-corrected chi connectivity index (χ4v) is 8.28. The number of sulfonamides is 1. The Morgan fingerprint density at radius 1 is 1.06 bits per heavy atom. The van der Waals surface area contributed by atoms with Crippen LogP contribution in [-0.4, -0.2) is 75.9 Å². The highest BCUT2D eigenvalue weighted by Crippen LogP contribution is 2.42. The summed E-state index contributed by atoms with van der Waals surface area (Å²) < 4.78 is 46.6. The number of nitrogens with one attached hydrogen (secondary N) is 3. The summed E-state index contributed by atoms with van der Waals surface area (Å²) in [4.78, 5) is 56.5. The van der Waals surface area contributed by atoms with Crippen molar-refractivity contribution in [2.45, 2.75) is 109 Å². The first-order chi connectivity index (χ1) is 25.4. The molecule has 3 heterocycles. The first-order valence-electron chi connectivity index (χ1n) is 18.1. The molecule has 54 heavy (non-hydrogen) atoms. The molecule has 5 rings (SSSR count). The number of amides is 2. The van der Waals surface area contributed by atoms with Crippen LogP contribution in [0.4, 0.5) is 0 Å². The highest BCUT2D eigenvalue weighted by Gasteiger charge is 2.34. The number of Topliss-reactive ketones (excluding diaryl/α,β-unsaturated/α-hetero) is 1. The van der Waals surface area contributed by atoms with Crippen molar-refractivity contribution in [1.82, 2.24) is 15.4 Å². The van der Waals surface area contributed by atoms with E-state index in [1.165, 1.54) is 14.0 Å². The van der Waals surface area contributed by atoms with Crippen molar-refractivity contribution >= 4 is 39.5 Å². The lowest BCUT2D eigenvalue weighted by molar-refractivity contribution is -0.145. The third-order valence-electron chi connectivity index (χ3n) is 9.80. The van der Waals surface area contributed by atoms with Crippen LogP contribution in [0.15, 0.2) is 46.3 Å². The lowest BCUT2D eigenvalue weighted by atomic mass is 9.88. The Balaban J connectivity index is 1.53. The molecule has 14 nitrogen and oxygen atoms in total. The lowest BCUT2D eigenvalue weighted by Crippen LogP contribution is -2.46. The van der Waals surface area contributed by atoms with E-state index in [9.17, 15) is 27.6 Å². The Morgan fingerprint density at radius 3 is 2.43 bits per heavy atom. The zero-order chi connectivity index (χ0) is 39.8. The maximum atomic E-state index is 13.7. The van der Waals surface area contributed by atoms with Crippen LogP contribution >= 0.6 is 0 Å². The molecule has 0 saturated carbocycles. The van der Waals surface area contributed by atoms with Crippen molar-refractivity contribution in [3.8, 4) is 11.5 Å². The van der Waals surface area contributed by atoms with Gasteiger partial charge in [-0.25, -0.2) is 17.9 Å².